The number of rotatable bonds is 0. The van der Waals surface area contributed by atoms with Crippen molar-refractivity contribution in [3.05, 3.63) is 17.0 Å². The number of nitrogens with one attached hydrogen (secondary N) is 1. The van der Waals surface area contributed by atoms with Gasteiger partial charge < -0.3 is 0 Å². The highest BCUT2D eigenvalue weighted by atomic mass is 15.1. The number of fused-ring (bicyclic) bond motifs is 3. The lowest BCUT2D eigenvalue weighted by molar-refractivity contribution is 0.559. The zero-order valence-electron chi connectivity index (χ0n) is 8.52. The van der Waals surface area contributed by atoms with Crippen LogP contribution in [0.15, 0.2) is 0 Å². The summed E-state index contributed by atoms with van der Waals surface area (Å²) >= 11 is 0. The van der Waals surface area contributed by atoms with Crippen LogP contribution in [0.5, 0.6) is 0 Å². The van der Waals surface area contributed by atoms with E-state index in [0.29, 0.717) is 0 Å². The lowest BCUT2D eigenvalue weighted by atomic mass is 9.88. The van der Waals surface area contributed by atoms with E-state index in [1.807, 2.05) is 0 Å². The second kappa shape index (κ2) is 1.99. The molecule has 70 valence electrons. The fourth-order valence-electron chi connectivity index (χ4n) is 2.60. The van der Waals surface area contributed by atoms with E-state index in [-0.39, 0.29) is 5.41 Å². The number of hydrogen-bond donors (Lipinski definition) is 1. The molecule has 1 N–H and O–H groups in total. The number of nitrogens with zero attached hydrogens (tertiary/aromatic N) is 1. The maximum Gasteiger partial charge on any atom is 0.0713 e. The van der Waals surface area contributed by atoms with E-state index >= 15 is 0 Å². The second-order valence-electron chi connectivity index (χ2n) is 5.52. The Morgan fingerprint density at radius 2 is 2.15 bits per heavy atom. The van der Waals surface area contributed by atoms with E-state index in [1.165, 1.54) is 24.2 Å². The monoisotopic (exact) mass is 176 g/mol. The van der Waals surface area contributed by atoms with Crippen molar-refractivity contribution in [2.45, 2.75) is 44.9 Å². The molecule has 0 aromatic carbocycles. The summed E-state index contributed by atoms with van der Waals surface area (Å²) in [5.41, 5.74) is 4.51. The molecular weight excluding hydrogens is 160 g/mol. The molecule has 2 aliphatic rings. The maximum absolute atomic E-state index is 4.46. The van der Waals surface area contributed by atoms with Crippen molar-refractivity contribution in [2.75, 3.05) is 0 Å². The van der Waals surface area contributed by atoms with Crippen molar-refractivity contribution in [1.29, 1.82) is 0 Å². The highest BCUT2D eigenvalue weighted by molar-refractivity contribution is 5.43. The van der Waals surface area contributed by atoms with Crippen LogP contribution < -0.4 is 0 Å². The largest absolute Gasteiger partial charge is 0.282 e. The summed E-state index contributed by atoms with van der Waals surface area (Å²) in [5, 5.41) is 7.66. The van der Waals surface area contributed by atoms with Gasteiger partial charge in [-0.05, 0) is 24.7 Å². The van der Waals surface area contributed by atoms with Crippen LogP contribution in [-0.2, 0) is 11.8 Å². The average Bonchev–Trinajstić information content (AvgIpc) is 2.51. The quantitative estimate of drug-likeness (QED) is 0.646. The molecule has 0 saturated heterocycles. The summed E-state index contributed by atoms with van der Waals surface area (Å²) in [7, 11) is 0. The van der Waals surface area contributed by atoms with Gasteiger partial charge >= 0.3 is 0 Å². The molecule has 0 spiro atoms. The van der Waals surface area contributed by atoms with Gasteiger partial charge in [0.25, 0.3) is 0 Å². The van der Waals surface area contributed by atoms with Gasteiger partial charge in [-0.2, -0.15) is 5.10 Å². The van der Waals surface area contributed by atoms with Crippen LogP contribution in [0.1, 0.15) is 50.1 Å². The summed E-state index contributed by atoms with van der Waals surface area (Å²) < 4.78 is 0. The molecule has 2 unspecified atom stereocenters. The molecule has 0 radical (unpaired) electrons. The Bertz CT molecular complexity index is 357. The molecule has 1 aromatic rings. The Labute approximate surface area is 78.7 Å². The third kappa shape index (κ3) is 0.917. The first kappa shape index (κ1) is 7.60. The van der Waals surface area contributed by atoms with Crippen LogP contribution in [0.2, 0.25) is 0 Å². The molecule has 2 atom stereocenters. The van der Waals surface area contributed by atoms with Gasteiger partial charge in [0.2, 0.25) is 0 Å². The third-order valence-electron chi connectivity index (χ3n) is 3.35. The van der Waals surface area contributed by atoms with Gasteiger partial charge in [0, 0.05) is 16.7 Å². The second-order valence-corrected chi connectivity index (χ2v) is 5.52. The number of hydrogen-bond acceptors (Lipinski definition) is 1. The maximum atomic E-state index is 4.46. The SMILES string of the molecule is CC(C)(C)c1n[nH]c2c1C1CC1C2. The number of aromatic amines is 1. The fourth-order valence-corrected chi connectivity index (χ4v) is 2.60. The van der Waals surface area contributed by atoms with Gasteiger partial charge in [0.05, 0.1) is 5.69 Å². The van der Waals surface area contributed by atoms with Gasteiger partial charge in [-0.3, -0.25) is 5.10 Å². The Morgan fingerprint density at radius 3 is 2.85 bits per heavy atom. The minimum absolute atomic E-state index is 0.210. The zero-order valence-corrected chi connectivity index (χ0v) is 8.52. The highest BCUT2D eigenvalue weighted by Gasteiger charge is 2.49. The molecular formula is C11H16N2. The lowest BCUT2D eigenvalue weighted by Crippen LogP contribution is -2.13. The molecule has 1 fully saturated rings. The molecule has 13 heavy (non-hydrogen) atoms. The van der Waals surface area contributed by atoms with Crippen LogP contribution in [-0.4, -0.2) is 10.2 Å². The molecule has 2 nitrogen and oxygen atoms in total. The Kier molecular flexibility index (Phi) is 1.17. The summed E-state index contributed by atoms with van der Waals surface area (Å²) in [6.45, 7) is 6.75. The zero-order chi connectivity index (χ0) is 9.22. The van der Waals surface area contributed by atoms with Crippen molar-refractivity contribution in [3.8, 4) is 0 Å². The number of aromatic nitrogens is 2. The standard InChI is InChI=1S/C11H16N2/c1-11(2,3)10-9-7-4-6(7)5-8(9)12-13-10/h6-7H,4-5H2,1-3H3,(H,12,13). The van der Waals surface area contributed by atoms with Crippen LogP contribution in [0.25, 0.3) is 0 Å². The lowest BCUT2D eigenvalue weighted by Gasteiger charge is -2.16. The molecule has 3 rings (SSSR count). The first-order chi connectivity index (χ1) is 6.07. The van der Waals surface area contributed by atoms with E-state index in [2.05, 4.69) is 31.0 Å². The molecule has 2 aliphatic carbocycles. The van der Waals surface area contributed by atoms with Crippen molar-refractivity contribution in [1.82, 2.24) is 10.2 Å². The van der Waals surface area contributed by atoms with Crippen LogP contribution in [0.3, 0.4) is 0 Å². The predicted octanol–water partition coefficient (Wildman–Crippen LogP) is 2.37. The summed E-state index contributed by atoms with van der Waals surface area (Å²) in [6, 6.07) is 0. The topological polar surface area (TPSA) is 28.7 Å². The van der Waals surface area contributed by atoms with Crippen molar-refractivity contribution in [2.24, 2.45) is 5.92 Å². The van der Waals surface area contributed by atoms with E-state index in [9.17, 15) is 0 Å². The van der Waals surface area contributed by atoms with Gasteiger partial charge in [-0.1, -0.05) is 20.8 Å². The van der Waals surface area contributed by atoms with E-state index in [1.54, 1.807) is 5.56 Å². The Morgan fingerprint density at radius 1 is 1.38 bits per heavy atom. The van der Waals surface area contributed by atoms with Crippen LogP contribution >= 0.6 is 0 Å². The molecule has 2 heteroatoms. The average molecular weight is 176 g/mol. The van der Waals surface area contributed by atoms with E-state index in [4.69, 9.17) is 0 Å². The van der Waals surface area contributed by atoms with Crippen molar-refractivity contribution >= 4 is 0 Å². The summed E-state index contributed by atoms with van der Waals surface area (Å²) in [4.78, 5) is 0. The smallest absolute Gasteiger partial charge is 0.0713 e. The van der Waals surface area contributed by atoms with E-state index in [0.717, 1.165) is 11.8 Å². The van der Waals surface area contributed by atoms with Crippen molar-refractivity contribution < 1.29 is 0 Å². The van der Waals surface area contributed by atoms with Gasteiger partial charge in [-0.15, -0.1) is 0 Å². The first-order valence-electron chi connectivity index (χ1n) is 5.15. The normalized spacial score (nSPS) is 30.1. The molecule has 0 aliphatic heterocycles. The van der Waals surface area contributed by atoms with Crippen LogP contribution in [0, 0.1) is 5.92 Å². The summed E-state index contributed by atoms with van der Waals surface area (Å²) in [5.74, 6) is 1.83. The molecule has 1 heterocycles. The van der Waals surface area contributed by atoms with Crippen LogP contribution in [0.4, 0.5) is 0 Å². The predicted molar refractivity (Wildman–Crippen MR) is 51.8 cm³/mol. The molecule has 1 aromatic heterocycles. The van der Waals surface area contributed by atoms with E-state index < -0.39 is 0 Å². The molecule has 1 saturated carbocycles. The minimum atomic E-state index is 0.210. The Balaban J connectivity index is 2.13. The molecule has 0 bridgehead atoms. The fraction of sp³-hybridized carbons (Fsp3) is 0.727. The molecule has 0 amide bonds. The van der Waals surface area contributed by atoms with Gasteiger partial charge in [0.1, 0.15) is 0 Å². The Hall–Kier alpha value is -0.790. The third-order valence-corrected chi connectivity index (χ3v) is 3.35. The van der Waals surface area contributed by atoms with Crippen molar-refractivity contribution in [3.63, 3.8) is 0 Å². The van der Waals surface area contributed by atoms with Gasteiger partial charge in [-0.25, -0.2) is 0 Å². The highest BCUT2D eigenvalue weighted by Crippen LogP contribution is 2.57. The number of H-pyrrole nitrogens is 1. The minimum Gasteiger partial charge on any atom is -0.282 e. The van der Waals surface area contributed by atoms with Gasteiger partial charge in [0.15, 0.2) is 0 Å². The first-order valence-corrected chi connectivity index (χ1v) is 5.15. The summed E-state index contributed by atoms with van der Waals surface area (Å²) in [6.07, 6.45) is 2.67.